The standard InChI is InChI=1S/C22H18F3N3O5/c1-2-32-21(31)20-17(12-19(30)28(27-20)14-8-4-3-5-9-14)33-13-18(29)26-16-11-7-6-10-15(16)22(23,24)25/h3-12H,2,13H2,1H3,(H,26,29). The number of benzene rings is 2. The zero-order valence-electron chi connectivity index (χ0n) is 17.3. The van der Waals surface area contributed by atoms with Crippen LogP contribution in [0, 0.1) is 0 Å². The highest BCUT2D eigenvalue weighted by atomic mass is 19.4. The molecular weight excluding hydrogens is 443 g/mol. The van der Waals surface area contributed by atoms with Crippen LogP contribution in [0.25, 0.3) is 5.69 Å². The van der Waals surface area contributed by atoms with Crippen molar-refractivity contribution >= 4 is 17.6 Å². The van der Waals surface area contributed by atoms with Gasteiger partial charge in [0.1, 0.15) is 0 Å². The number of carbonyl (C=O) groups excluding carboxylic acids is 2. The van der Waals surface area contributed by atoms with E-state index in [4.69, 9.17) is 9.47 Å². The van der Waals surface area contributed by atoms with Crippen molar-refractivity contribution in [1.82, 2.24) is 9.78 Å². The van der Waals surface area contributed by atoms with Crippen LogP contribution in [0.3, 0.4) is 0 Å². The van der Waals surface area contributed by atoms with E-state index < -0.39 is 41.5 Å². The largest absolute Gasteiger partial charge is 0.481 e. The third-order valence-electron chi connectivity index (χ3n) is 4.23. The number of nitrogens with one attached hydrogen (secondary N) is 1. The van der Waals surface area contributed by atoms with Crippen molar-refractivity contribution in [1.29, 1.82) is 0 Å². The fourth-order valence-corrected chi connectivity index (χ4v) is 2.81. The van der Waals surface area contributed by atoms with Gasteiger partial charge in [-0.05, 0) is 31.2 Å². The Bertz CT molecular complexity index is 1210. The van der Waals surface area contributed by atoms with E-state index in [9.17, 15) is 27.6 Å². The molecule has 1 N–H and O–H groups in total. The summed E-state index contributed by atoms with van der Waals surface area (Å²) in [5.74, 6) is -2.18. The first-order valence-electron chi connectivity index (χ1n) is 9.66. The van der Waals surface area contributed by atoms with Gasteiger partial charge in [0.05, 0.1) is 29.6 Å². The summed E-state index contributed by atoms with van der Waals surface area (Å²) in [5.41, 5.74) is -2.14. The normalized spacial score (nSPS) is 11.0. The average molecular weight is 461 g/mol. The molecule has 0 fully saturated rings. The van der Waals surface area contributed by atoms with Crippen LogP contribution < -0.4 is 15.6 Å². The van der Waals surface area contributed by atoms with Crippen LogP contribution in [-0.4, -0.2) is 34.9 Å². The second kappa shape index (κ2) is 9.98. The molecule has 0 radical (unpaired) electrons. The van der Waals surface area contributed by atoms with Crippen molar-refractivity contribution in [3.63, 3.8) is 0 Å². The molecule has 11 heteroatoms. The molecule has 3 rings (SSSR count). The summed E-state index contributed by atoms with van der Waals surface area (Å²) in [6.45, 7) is 0.797. The molecule has 2 aromatic carbocycles. The highest BCUT2D eigenvalue weighted by Crippen LogP contribution is 2.34. The fraction of sp³-hybridized carbons (Fsp3) is 0.182. The second-order valence-electron chi connectivity index (χ2n) is 6.54. The number of anilines is 1. The molecule has 0 aliphatic carbocycles. The monoisotopic (exact) mass is 461 g/mol. The molecule has 0 aliphatic rings. The van der Waals surface area contributed by atoms with Gasteiger partial charge in [-0.2, -0.15) is 23.0 Å². The molecule has 0 saturated heterocycles. The molecule has 8 nitrogen and oxygen atoms in total. The molecular formula is C22H18F3N3O5. The zero-order valence-corrected chi connectivity index (χ0v) is 17.3. The van der Waals surface area contributed by atoms with E-state index in [1.807, 2.05) is 0 Å². The topological polar surface area (TPSA) is 99.5 Å². The maximum atomic E-state index is 13.1. The Kier molecular flexibility index (Phi) is 7.11. The predicted molar refractivity (Wildman–Crippen MR) is 111 cm³/mol. The van der Waals surface area contributed by atoms with E-state index in [1.54, 1.807) is 37.3 Å². The van der Waals surface area contributed by atoms with E-state index in [0.29, 0.717) is 5.69 Å². The Morgan fingerprint density at radius 2 is 1.73 bits per heavy atom. The van der Waals surface area contributed by atoms with Crippen LogP contribution in [0.15, 0.2) is 65.5 Å². The zero-order chi connectivity index (χ0) is 24.0. The summed E-state index contributed by atoms with van der Waals surface area (Å²) in [7, 11) is 0. The Labute approximate surface area is 185 Å². The number of para-hydroxylation sites is 2. The van der Waals surface area contributed by atoms with Gasteiger partial charge in [-0.3, -0.25) is 9.59 Å². The quantitative estimate of drug-likeness (QED) is 0.541. The van der Waals surface area contributed by atoms with Gasteiger partial charge in [0.15, 0.2) is 12.4 Å². The van der Waals surface area contributed by atoms with E-state index in [2.05, 4.69) is 10.4 Å². The third kappa shape index (κ3) is 5.76. The molecule has 33 heavy (non-hydrogen) atoms. The molecule has 1 aromatic heterocycles. The number of aromatic nitrogens is 2. The first-order chi connectivity index (χ1) is 15.7. The lowest BCUT2D eigenvalue weighted by atomic mass is 10.1. The lowest BCUT2D eigenvalue weighted by molar-refractivity contribution is -0.137. The van der Waals surface area contributed by atoms with Crippen molar-refractivity contribution in [3.05, 3.63) is 82.3 Å². The van der Waals surface area contributed by atoms with Crippen LogP contribution in [0.2, 0.25) is 0 Å². The number of ether oxygens (including phenoxy) is 2. The number of hydrogen-bond donors (Lipinski definition) is 1. The van der Waals surface area contributed by atoms with Crippen molar-refractivity contribution < 1.29 is 32.2 Å². The van der Waals surface area contributed by atoms with Gasteiger partial charge in [0.25, 0.3) is 11.5 Å². The smallest absolute Gasteiger partial charge is 0.418 e. The van der Waals surface area contributed by atoms with Gasteiger partial charge < -0.3 is 14.8 Å². The minimum atomic E-state index is -4.67. The molecule has 1 amide bonds. The molecule has 0 unspecified atom stereocenters. The fourth-order valence-electron chi connectivity index (χ4n) is 2.81. The summed E-state index contributed by atoms with van der Waals surface area (Å²) in [4.78, 5) is 37.1. The number of amides is 1. The second-order valence-corrected chi connectivity index (χ2v) is 6.54. The minimum Gasteiger partial charge on any atom is -0.481 e. The molecule has 1 heterocycles. The molecule has 0 saturated carbocycles. The van der Waals surface area contributed by atoms with Crippen LogP contribution in [0.5, 0.6) is 5.75 Å². The van der Waals surface area contributed by atoms with Gasteiger partial charge in [-0.1, -0.05) is 30.3 Å². The first-order valence-corrected chi connectivity index (χ1v) is 9.66. The summed E-state index contributed by atoms with van der Waals surface area (Å²) in [5, 5.41) is 6.10. The van der Waals surface area contributed by atoms with Crippen molar-refractivity contribution in [2.45, 2.75) is 13.1 Å². The van der Waals surface area contributed by atoms with E-state index >= 15 is 0 Å². The van der Waals surface area contributed by atoms with Gasteiger partial charge in [-0.15, -0.1) is 0 Å². The van der Waals surface area contributed by atoms with Gasteiger partial charge in [0.2, 0.25) is 5.69 Å². The predicted octanol–water partition coefficient (Wildman–Crippen LogP) is 3.45. The lowest BCUT2D eigenvalue weighted by Crippen LogP contribution is -2.27. The van der Waals surface area contributed by atoms with E-state index in [0.717, 1.165) is 22.9 Å². The maximum absolute atomic E-state index is 13.1. The SMILES string of the molecule is CCOC(=O)c1nn(-c2ccccc2)c(=O)cc1OCC(=O)Nc1ccccc1C(F)(F)F. The summed E-state index contributed by atoms with van der Waals surface area (Å²) >= 11 is 0. The van der Waals surface area contributed by atoms with Crippen LogP contribution in [0.1, 0.15) is 23.0 Å². The number of esters is 1. The van der Waals surface area contributed by atoms with Crippen molar-refractivity contribution in [2.75, 3.05) is 18.5 Å². The summed E-state index contributed by atoms with van der Waals surface area (Å²) in [6, 6.07) is 13.6. The van der Waals surface area contributed by atoms with Gasteiger partial charge in [-0.25, -0.2) is 4.79 Å². The molecule has 0 spiro atoms. The summed E-state index contributed by atoms with van der Waals surface area (Å²) in [6.07, 6.45) is -4.67. The van der Waals surface area contributed by atoms with Crippen LogP contribution in [-0.2, 0) is 15.7 Å². The number of carbonyl (C=O) groups is 2. The average Bonchev–Trinajstić information content (AvgIpc) is 2.78. The Morgan fingerprint density at radius 3 is 2.39 bits per heavy atom. The number of halogens is 3. The number of nitrogens with zero attached hydrogens (tertiary/aromatic N) is 2. The Morgan fingerprint density at radius 1 is 1.06 bits per heavy atom. The number of rotatable bonds is 7. The van der Waals surface area contributed by atoms with Crippen molar-refractivity contribution in [2.24, 2.45) is 0 Å². The molecule has 0 aliphatic heterocycles. The molecule has 0 bridgehead atoms. The van der Waals surface area contributed by atoms with Gasteiger partial charge in [0, 0.05) is 0 Å². The Balaban J connectivity index is 1.85. The third-order valence-corrected chi connectivity index (χ3v) is 4.23. The molecule has 0 atom stereocenters. The Hall–Kier alpha value is -4.15. The highest BCUT2D eigenvalue weighted by Gasteiger charge is 2.33. The lowest BCUT2D eigenvalue weighted by Gasteiger charge is -2.15. The van der Waals surface area contributed by atoms with Gasteiger partial charge >= 0.3 is 12.1 Å². The first kappa shape index (κ1) is 23.5. The van der Waals surface area contributed by atoms with Crippen molar-refractivity contribution in [3.8, 4) is 11.4 Å². The number of hydrogen-bond acceptors (Lipinski definition) is 6. The summed E-state index contributed by atoms with van der Waals surface area (Å²) < 4.78 is 50.5. The molecule has 172 valence electrons. The van der Waals surface area contributed by atoms with Crippen LogP contribution >= 0.6 is 0 Å². The number of alkyl halides is 3. The minimum absolute atomic E-state index is 0.0130. The van der Waals surface area contributed by atoms with Crippen LogP contribution in [0.4, 0.5) is 18.9 Å². The molecule has 3 aromatic rings. The maximum Gasteiger partial charge on any atom is 0.418 e. The van der Waals surface area contributed by atoms with E-state index in [-0.39, 0.29) is 18.1 Å². The highest BCUT2D eigenvalue weighted by molar-refractivity contribution is 5.93. The van der Waals surface area contributed by atoms with E-state index in [1.165, 1.54) is 12.1 Å².